The summed E-state index contributed by atoms with van der Waals surface area (Å²) in [6.07, 6.45) is 4.26. The average Bonchev–Trinajstić information content (AvgIpc) is 2.32. The van der Waals surface area contributed by atoms with Crippen molar-refractivity contribution >= 4 is 5.82 Å². The summed E-state index contributed by atoms with van der Waals surface area (Å²) >= 11 is 0. The zero-order valence-corrected chi connectivity index (χ0v) is 8.27. The van der Waals surface area contributed by atoms with Crippen LogP contribution in [0.25, 0.3) is 0 Å². The monoisotopic (exact) mass is 179 g/mol. The van der Waals surface area contributed by atoms with E-state index in [0.717, 1.165) is 17.7 Å². The van der Waals surface area contributed by atoms with Crippen LogP contribution in [0.15, 0.2) is 12.3 Å². The van der Waals surface area contributed by atoms with Gasteiger partial charge >= 0.3 is 0 Å². The van der Waals surface area contributed by atoms with Crippen LogP contribution in [0.4, 0.5) is 5.82 Å². The zero-order valence-electron chi connectivity index (χ0n) is 8.27. The molecule has 2 N–H and O–H groups in total. The van der Waals surface area contributed by atoms with Gasteiger partial charge in [-0.05, 0) is 30.7 Å². The van der Waals surface area contributed by atoms with Crippen LogP contribution in [0.5, 0.6) is 0 Å². The molecule has 0 spiro atoms. The van der Waals surface area contributed by atoms with E-state index >= 15 is 0 Å². The van der Waals surface area contributed by atoms with E-state index in [1.54, 1.807) is 6.20 Å². The summed E-state index contributed by atoms with van der Waals surface area (Å²) in [6.45, 7) is 4.57. The Balaban J connectivity index is 1.97. The molecule has 0 saturated heterocycles. The largest absolute Gasteiger partial charge is 0.384 e. The Hall–Kier alpha value is -0.990. The van der Waals surface area contributed by atoms with Crippen molar-refractivity contribution in [1.29, 1.82) is 0 Å². The Labute approximate surface area is 78.9 Å². The lowest BCUT2D eigenvalue weighted by atomic mass is 9.74. The van der Waals surface area contributed by atoms with Crippen molar-refractivity contribution in [3.63, 3.8) is 0 Å². The maximum atomic E-state index is 5.77. The molecule has 1 heterocycles. The Morgan fingerprint density at radius 2 is 2.23 bits per heavy atom. The number of anilines is 1. The second-order valence-electron chi connectivity index (χ2n) is 4.33. The molecule has 0 atom stereocenters. The molecule has 1 fully saturated rings. The van der Waals surface area contributed by atoms with Crippen molar-refractivity contribution in [2.45, 2.75) is 32.7 Å². The fraction of sp³-hybridized carbons (Fsp3) is 0.700. The highest BCUT2D eigenvalue weighted by Crippen LogP contribution is 2.42. The van der Waals surface area contributed by atoms with Gasteiger partial charge in [0.2, 0.25) is 0 Å². The van der Waals surface area contributed by atoms with E-state index in [1.165, 1.54) is 12.8 Å². The molecule has 0 amide bonds. The highest BCUT2D eigenvalue weighted by molar-refractivity contribution is 5.27. The minimum atomic E-state index is 0.558. The molecule has 1 aromatic rings. The molecule has 3 nitrogen and oxygen atoms in total. The van der Waals surface area contributed by atoms with Gasteiger partial charge in [0, 0.05) is 0 Å². The van der Waals surface area contributed by atoms with Crippen LogP contribution >= 0.6 is 0 Å². The van der Waals surface area contributed by atoms with Gasteiger partial charge in [-0.1, -0.05) is 13.8 Å². The standard InChI is InChI=1S/C10H17N3/c1-7(2)8-5-9(6-8)13-10(11)3-4-12-13/h3-4,7-9H,5-6,11H2,1-2H3. The van der Waals surface area contributed by atoms with Gasteiger partial charge in [0.15, 0.2) is 0 Å². The fourth-order valence-electron chi connectivity index (χ4n) is 2.00. The van der Waals surface area contributed by atoms with E-state index in [4.69, 9.17) is 5.73 Å². The molecule has 1 aliphatic rings. The molecule has 1 saturated carbocycles. The number of hydrogen-bond donors (Lipinski definition) is 1. The van der Waals surface area contributed by atoms with Crippen molar-refractivity contribution in [3.8, 4) is 0 Å². The summed E-state index contributed by atoms with van der Waals surface area (Å²) in [5.41, 5.74) is 5.77. The minimum absolute atomic E-state index is 0.558. The van der Waals surface area contributed by atoms with E-state index in [1.807, 2.05) is 10.7 Å². The van der Waals surface area contributed by atoms with Crippen LogP contribution < -0.4 is 5.73 Å². The zero-order chi connectivity index (χ0) is 9.42. The minimum Gasteiger partial charge on any atom is -0.384 e. The van der Waals surface area contributed by atoms with Crippen molar-refractivity contribution in [2.75, 3.05) is 5.73 Å². The van der Waals surface area contributed by atoms with E-state index in [-0.39, 0.29) is 0 Å². The van der Waals surface area contributed by atoms with Crippen molar-refractivity contribution < 1.29 is 0 Å². The molecular weight excluding hydrogens is 162 g/mol. The number of nitrogen functional groups attached to an aromatic ring is 1. The summed E-state index contributed by atoms with van der Waals surface area (Å²) in [7, 11) is 0. The molecule has 2 rings (SSSR count). The number of nitrogens with zero attached hydrogens (tertiary/aromatic N) is 2. The van der Waals surface area contributed by atoms with Crippen LogP contribution in [0, 0.1) is 11.8 Å². The lowest BCUT2D eigenvalue weighted by Crippen LogP contribution is -2.31. The van der Waals surface area contributed by atoms with Crippen molar-refractivity contribution in [2.24, 2.45) is 11.8 Å². The van der Waals surface area contributed by atoms with Crippen LogP contribution in [0.2, 0.25) is 0 Å². The fourth-order valence-corrected chi connectivity index (χ4v) is 2.00. The summed E-state index contributed by atoms with van der Waals surface area (Å²) < 4.78 is 1.96. The van der Waals surface area contributed by atoms with Crippen LogP contribution in [0.1, 0.15) is 32.7 Å². The van der Waals surface area contributed by atoms with Gasteiger partial charge in [-0.25, -0.2) is 4.68 Å². The van der Waals surface area contributed by atoms with Crippen LogP contribution in [-0.2, 0) is 0 Å². The summed E-state index contributed by atoms with van der Waals surface area (Å²) in [4.78, 5) is 0. The molecule has 13 heavy (non-hydrogen) atoms. The second kappa shape index (κ2) is 3.05. The quantitative estimate of drug-likeness (QED) is 0.755. The Bertz CT molecular complexity index is 284. The van der Waals surface area contributed by atoms with Gasteiger partial charge in [0.1, 0.15) is 5.82 Å². The van der Waals surface area contributed by atoms with Crippen LogP contribution in [0.3, 0.4) is 0 Å². The van der Waals surface area contributed by atoms with Crippen LogP contribution in [-0.4, -0.2) is 9.78 Å². The first-order valence-electron chi connectivity index (χ1n) is 4.97. The smallest absolute Gasteiger partial charge is 0.121 e. The molecule has 0 unspecified atom stereocenters. The Morgan fingerprint density at radius 1 is 1.54 bits per heavy atom. The first-order valence-corrected chi connectivity index (χ1v) is 4.97. The van der Waals surface area contributed by atoms with Crippen molar-refractivity contribution in [1.82, 2.24) is 9.78 Å². The van der Waals surface area contributed by atoms with Gasteiger partial charge in [0.25, 0.3) is 0 Å². The molecule has 3 heteroatoms. The molecular formula is C10H17N3. The van der Waals surface area contributed by atoms with Gasteiger partial charge in [-0.2, -0.15) is 5.10 Å². The maximum Gasteiger partial charge on any atom is 0.121 e. The highest BCUT2D eigenvalue weighted by atomic mass is 15.3. The molecule has 1 aliphatic carbocycles. The van der Waals surface area contributed by atoms with E-state index in [2.05, 4.69) is 18.9 Å². The number of rotatable bonds is 2. The van der Waals surface area contributed by atoms with E-state index in [9.17, 15) is 0 Å². The summed E-state index contributed by atoms with van der Waals surface area (Å²) in [5, 5.41) is 4.22. The van der Waals surface area contributed by atoms with E-state index in [0.29, 0.717) is 6.04 Å². The van der Waals surface area contributed by atoms with Gasteiger partial charge < -0.3 is 5.73 Å². The van der Waals surface area contributed by atoms with Gasteiger partial charge in [0.05, 0.1) is 12.2 Å². The van der Waals surface area contributed by atoms with Gasteiger partial charge in [-0.15, -0.1) is 0 Å². The van der Waals surface area contributed by atoms with Crippen molar-refractivity contribution in [3.05, 3.63) is 12.3 Å². The molecule has 0 bridgehead atoms. The molecule has 1 aromatic heterocycles. The predicted octanol–water partition coefficient (Wildman–Crippen LogP) is 2.07. The number of aromatic nitrogens is 2. The first kappa shape index (κ1) is 8.60. The molecule has 0 radical (unpaired) electrons. The second-order valence-corrected chi connectivity index (χ2v) is 4.33. The first-order chi connectivity index (χ1) is 6.18. The SMILES string of the molecule is CC(C)C1CC(n2nccc2N)C1. The normalized spacial score (nSPS) is 27.6. The molecule has 72 valence electrons. The Kier molecular flexibility index (Phi) is 2.02. The van der Waals surface area contributed by atoms with E-state index < -0.39 is 0 Å². The number of nitrogens with two attached hydrogens (primary N) is 1. The third-order valence-corrected chi connectivity index (χ3v) is 3.14. The topological polar surface area (TPSA) is 43.8 Å². The average molecular weight is 179 g/mol. The third-order valence-electron chi connectivity index (χ3n) is 3.14. The molecule has 0 aliphatic heterocycles. The summed E-state index contributed by atoms with van der Waals surface area (Å²) in [5.74, 6) is 2.47. The summed E-state index contributed by atoms with van der Waals surface area (Å²) in [6, 6.07) is 2.42. The lowest BCUT2D eigenvalue weighted by molar-refractivity contribution is 0.139. The lowest BCUT2D eigenvalue weighted by Gasteiger charge is -2.38. The maximum absolute atomic E-state index is 5.77. The predicted molar refractivity (Wildman–Crippen MR) is 53.2 cm³/mol. The highest BCUT2D eigenvalue weighted by Gasteiger charge is 2.33. The van der Waals surface area contributed by atoms with Gasteiger partial charge in [-0.3, -0.25) is 0 Å². The Morgan fingerprint density at radius 3 is 2.69 bits per heavy atom. The molecule has 0 aromatic carbocycles. The third kappa shape index (κ3) is 1.43. The number of hydrogen-bond acceptors (Lipinski definition) is 2.